The Morgan fingerprint density at radius 1 is 1.19 bits per heavy atom. The zero-order valence-corrected chi connectivity index (χ0v) is 12.2. The molecule has 0 aliphatic carbocycles. The van der Waals surface area contributed by atoms with Crippen LogP contribution in [0.3, 0.4) is 0 Å². The number of hydrogen-bond donors (Lipinski definition) is 2. The highest BCUT2D eigenvalue weighted by Crippen LogP contribution is 2.29. The van der Waals surface area contributed by atoms with Crippen molar-refractivity contribution in [3.05, 3.63) is 23.8 Å². The largest absolute Gasteiger partial charge is 0.493 e. The fourth-order valence-electron chi connectivity index (χ4n) is 1.72. The van der Waals surface area contributed by atoms with Crippen LogP contribution >= 0.6 is 0 Å². The smallest absolute Gasteiger partial charge is 0.329 e. The van der Waals surface area contributed by atoms with E-state index in [1.54, 1.807) is 26.2 Å². The van der Waals surface area contributed by atoms with E-state index in [1.807, 2.05) is 6.07 Å². The van der Waals surface area contributed by atoms with Crippen LogP contribution in [0.25, 0.3) is 0 Å². The molecule has 1 aromatic rings. The number of nitrogens with one attached hydrogen (secondary N) is 1. The topological polar surface area (TPSA) is 94.1 Å². The van der Waals surface area contributed by atoms with E-state index in [9.17, 15) is 9.59 Å². The van der Waals surface area contributed by atoms with Gasteiger partial charge in [-0.3, -0.25) is 4.79 Å². The predicted octanol–water partition coefficient (Wildman–Crippen LogP) is 0.982. The van der Waals surface area contributed by atoms with Gasteiger partial charge in [-0.25, -0.2) is 4.79 Å². The Kier molecular flexibility index (Phi) is 6.48. The first-order chi connectivity index (χ1) is 9.97. The highest BCUT2D eigenvalue weighted by molar-refractivity contribution is 5.78. The standard InChI is InChI=1S/C14H19NO6/c1-9(15-13(16)7-21-8-14(17)18)10-4-5-11(19-2)12(6-10)20-3/h4-6,9H,7-8H2,1-3H3,(H,15,16)(H,17,18). The van der Waals surface area contributed by atoms with Gasteiger partial charge in [-0.05, 0) is 24.6 Å². The van der Waals surface area contributed by atoms with Crippen molar-refractivity contribution in [2.24, 2.45) is 0 Å². The molecule has 1 aromatic carbocycles. The maximum Gasteiger partial charge on any atom is 0.329 e. The Balaban J connectivity index is 2.60. The van der Waals surface area contributed by atoms with Crippen molar-refractivity contribution >= 4 is 11.9 Å². The lowest BCUT2D eigenvalue weighted by Gasteiger charge is -2.16. The number of rotatable bonds is 8. The van der Waals surface area contributed by atoms with Crippen molar-refractivity contribution in [3.8, 4) is 11.5 Å². The lowest BCUT2D eigenvalue weighted by molar-refractivity contribution is -0.143. The summed E-state index contributed by atoms with van der Waals surface area (Å²) in [4.78, 5) is 21.9. The molecule has 1 unspecified atom stereocenters. The molecule has 0 saturated carbocycles. The van der Waals surface area contributed by atoms with Gasteiger partial charge in [0.1, 0.15) is 13.2 Å². The molecule has 0 saturated heterocycles. The Bertz CT molecular complexity index is 502. The van der Waals surface area contributed by atoms with E-state index in [-0.39, 0.29) is 12.6 Å². The average molecular weight is 297 g/mol. The summed E-state index contributed by atoms with van der Waals surface area (Å²) in [5, 5.41) is 11.1. The van der Waals surface area contributed by atoms with Gasteiger partial charge in [-0.2, -0.15) is 0 Å². The molecule has 2 N–H and O–H groups in total. The van der Waals surface area contributed by atoms with Crippen LogP contribution in [0.2, 0.25) is 0 Å². The van der Waals surface area contributed by atoms with Crippen molar-refractivity contribution < 1.29 is 28.9 Å². The lowest BCUT2D eigenvalue weighted by atomic mass is 10.1. The molecule has 0 aliphatic rings. The number of ether oxygens (including phenoxy) is 3. The molecule has 7 nitrogen and oxygen atoms in total. The third-order valence-corrected chi connectivity index (χ3v) is 2.74. The maximum atomic E-state index is 11.6. The first-order valence-electron chi connectivity index (χ1n) is 6.28. The monoisotopic (exact) mass is 297 g/mol. The summed E-state index contributed by atoms with van der Waals surface area (Å²) < 4.78 is 15.1. The van der Waals surface area contributed by atoms with E-state index in [1.165, 1.54) is 7.11 Å². The zero-order valence-electron chi connectivity index (χ0n) is 12.2. The molecule has 0 radical (unpaired) electrons. The molecule has 7 heteroatoms. The van der Waals surface area contributed by atoms with Crippen LogP contribution in [0.15, 0.2) is 18.2 Å². The van der Waals surface area contributed by atoms with Gasteiger partial charge >= 0.3 is 5.97 Å². The van der Waals surface area contributed by atoms with E-state index in [0.717, 1.165) is 5.56 Å². The number of aliphatic carboxylic acids is 1. The number of carboxylic acids is 1. The minimum absolute atomic E-state index is 0.272. The highest BCUT2D eigenvalue weighted by Gasteiger charge is 2.13. The number of benzene rings is 1. The quantitative estimate of drug-likeness (QED) is 0.743. The summed E-state index contributed by atoms with van der Waals surface area (Å²) in [6, 6.07) is 5.05. The summed E-state index contributed by atoms with van der Waals surface area (Å²) in [5.41, 5.74) is 0.833. The van der Waals surface area contributed by atoms with Crippen LogP contribution in [-0.4, -0.2) is 44.4 Å². The van der Waals surface area contributed by atoms with Gasteiger partial charge in [0.25, 0.3) is 0 Å². The molecule has 0 heterocycles. The maximum absolute atomic E-state index is 11.6. The highest BCUT2D eigenvalue weighted by atomic mass is 16.5. The van der Waals surface area contributed by atoms with Gasteiger partial charge in [0.05, 0.1) is 20.3 Å². The van der Waals surface area contributed by atoms with Crippen LogP contribution in [-0.2, 0) is 14.3 Å². The third-order valence-electron chi connectivity index (χ3n) is 2.74. The molecule has 1 atom stereocenters. The lowest BCUT2D eigenvalue weighted by Crippen LogP contribution is -2.30. The molecule has 0 spiro atoms. The van der Waals surface area contributed by atoms with Crippen molar-refractivity contribution in [2.75, 3.05) is 27.4 Å². The molecule has 0 aliphatic heterocycles. The molecule has 0 fully saturated rings. The molecule has 1 amide bonds. The fourth-order valence-corrected chi connectivity index (χ4v) is 1.72. The average Bonchev–Trinajstić information content (AvgIpc) is 2.45. The van der Waals surface area contributed by atoms with Gasteiger partial charge < -0.3 is 24.6 Å². The van der Waals surface area contributed by atoms with Crippen molar-refractivity contribution in [3.63, 3.8) is 0 Å². The summed E-state index contributed by atoms with van der Waals surface area (Å²) in [6.07, 6.45) is 0. The van der Waals surface area contributed by atoms with Crippen molar-refractivity contribution in [1.82, 2.24) is 5.32 Å². The summed E-state index contributed by atoms with van der Waals surface area (Å²) in [5.74, 6) is -0.336. The van der Waals surface area contributed by atoms with Crippen LogP contribution in [0.5, 0.6) is 11.5 Å². The number of carbonyl (C=O) groups excluding carboxylic acids is 1. The predicted molar refractivity (Wildman–Crippen MR) is 74.6 cm³/mol. The summed E-state index contributed by atoms with van der Waals surface area (Å²) >= 11 is 0. The SMILES string of the molecule is COc1ccc(C(C)NC(=O)COCC(=O)O)cc1OC. The van der Waals surface area contributed by atoms with E-state index in [0.29, 0.717) is 11.5 Å². The van der Waals surface area contributed by atoms with Gasteiger partial charge in [-0.15, -0.1) is 0 Å². The number of hydrogen-bond acceptors (Lipinski definition) is 5. The van der Waals surface area contributed by atoms with E-state index in [4.69, 9.17) is 19.3 Å². The zero-order chi connectivity index (χ0) is 15.8. The van der Waals surface area contributed by atoms with E-state index >= 15 is 0 Å². The first kappa shape index (κ1) is 16.8. The molecule has 21 heavy (non-hydrogen) atoms. The Labute approximate surface area is 122 Å². The molecule has 0 bridgehead atoms. The van der Waals surface area contributed by atoms with Gasteiger partial charge in [0.2, 0.25) is 5.91 Å². The minimum Gasteiger partial charge on any atom is -0.493 e. The van der Waals surface area contributed by atoms with Crippen LogP contribution in [0.4, 0.5) is 0 Å². The number of carboxylic acid groups (broad SMARTS) is 1. The number of carbonyl (C=O) groups is 2. The normalized spacial score (nSPS) is 11.6. The van der Waals surface area contributed by atoms with E-state index < -0.39 is 18.5 Å². The van der Waals surface area contributed by atoms with Gasteiger partial charge in [0.15, 0.2) is 11.5 Å². The Morgan fingerprint density at radius 2 is 1.86 bits per heavy atom. The molecular formula is C14H19NO6. The third kappa shape index (κ3) is 5.31. The van der Waals surface area contributed by atoms with E-state index in [2.05, 4.69) is 5.32 Å². The van der Waals surface area contributed by atoms with Crippen molar-refractivity contribution in [1.29, 1.82) is 0 Å². The molecule has 116 valence electrons. The molecule has 1 rings (SSSR count). The Hall–Kier alpha value is -2.28. The first-order valence-corrected chi connectivity index (χ1v) is 6.28. The van der Waals surface area contributed by atoms with Crippen LogP contribution < -0.4 is 14.8 Å². The number of methoxy groups -OCH3 is 2. The number of amides is 1. The second-order valence-electron chi connectivity index (χ2n) is 4.29. The summed E-state index contributed by atoms with van der Waals surface area (Å²) in [6.45, 7) is 0.998. The molecule has 0 aromatic heterocycles. The fraction of sp³-hybridized carbons (Fsp3) is 0.429. The van der Waals surface area contributed by atoms with Crippen LogP contribution in [0, 0.1) is 0 Å². The second-order valence-corrected chi connectivity index (χ2v) is 4.29. The summed E-state index contributed by atoms with van der Waals surface area (Å²) in [7, 11) is 3.08. The Morgan fingerprint density at radius 3 is 2.43 bits per heavy atom. The van der Waals surface area contributed by atoms with Gasteiger partial charge in [-0.1, -0.05) is 6.07 Å². The minimum atomic E-state index is -1.12. The van der Waals surface area contributed by atoms with Crippen molar-refractivity contribution in [2.45, 2.75) is 13.0 Å². The molecular weight excluding hydrogens is 278 g/mol. The second kappa shape index (κ2) is 8.11. The van der Waals surface area contributed by atoms with Gasteiger partial charge in [0, 0.05) is 0 Å². The van der Waals surface area contributed by atoms with Crippen LogP contribution in [0.1, 0.15) is 18.5 Å².